The van der Waals surface area contributed by atoms with E-state index in [9.17, 15) is 4.39 Å². The second-order valence-electron chi connectivity index (χ2n) is 4.41. The van der Waals surface area contributed by atoms with Crippen molar-refractivity contribution in [3.8, 4) is 0 Å². The molecule has 0 aliphatic rings. The van der Waals surface area contributed by atoms with Gasteiger partial charge in [0.15, 0.2) is 0 Å². The lowest BCUT2D eigenvalue weighted by Gasteiger charge is -2.19. The number of nitrogens with one attached hydrogen (secondary N) is 1. The Kier molecular flexibility index (Phi) is 4.63. The quantitative estimate of drug-likeness (QED) is 0.870. The van der Waals surface area contributed by atoms with Crippen molar-refractivity contribution in [3.63, 3.8) is 0 Å². The summed E-state index contributed by atoms with van der Waals surface area (Å²) in [6, 6.07) is 1.38. The van der Waals surface area contributed by atoms with Crippen LogP contribution in [0, 0.1) is 5.82 Å². The van der Waals surface area contributed by atoms with E-state index in [-0.39, 0.29) is 11.9 Å². The summed E-state index contributed by atoms with van der Waals surface area (Å²) >= 11 is 0. The third-order valence-electron chi connectivity index (χ3n) is 2.94. The maximum absolute atomic E-state index is 13.3. The molecular weight excluding hydrogens is 243 g/mol. The summed E-state index contributed by atoms with van der Waals surface area (Å²) in [5, 5.41) is 3.34. The molecule has 1 N–H and O–H groups in total. The number of rotatable bonds is 6. The highest BCUT2D eigenvalue weighted by Gasteiger charge is 2.18. The Morgan fingerprint density at radius 3 is 2.89 bits per heavy atom. The van der Waals surface area contributed by atoms with Crippen molar-refractivity contribution in [2.75, 3.05) is 6.54 Å². The molecule has 2 heterocycles. The van der Waals surface area contributed by atoms with Crippen LogP contribution >= 0.6 is 0 Å². The van der Waals surface area contributed by atoms with Crippen molar-refractivity contribution in [1.29, 1.82) is 0 Å². The van der Waals surface area contributed by atoms with Crippen molar-refractivity contribution in [2.24, 2.45) is 0 Å². The summed E-state index contributed by atoms with van der Waals surface area (Å²) in [4.78, 5) is 8.33. The highest BCUT2D eigenvalue weighted by molar-refractivity contribution is 5.22. The van der Waals surface area contributed by atoms with Gasteiger partial charge in [-0.05, 0) is 24.6 Å². The van der Waals surface area contributed by atoms with Crippen LogP contribution in [0.1, 0.15) is 37.7 Å². The van der Waals surface area contributed by atoms with Crippen molar-refractivity contribution in [1.82, 2.24) is 19.9 Å². The number of hydrogen-bond acceptors (Lipinski definition) is 3. The van der Waals surface area contributed by atoms with Crippen LogP contribution in [0.25, 0.3) is 0 Å². The molecule has 102 valence electrons. The Bertz CT molecular complexity index is 524. The van der Waals surface area contributed by atoms with Gasteiger partial charge in [-0.1, -0.05) is 13.8 Å². The van der Waals surface area contributed by atoms with Gasteiger partial charge in [0.05, 0.1) is 12.2 Å². The summed E-state index contributed by atoms with van der Waals surface area (Å²) in [5.74, 6) is 0.574. The largest absolute Gasteiger partial charge is 0.333 e. The molecule has 0 aromatic carbocycles. The Morgan fingerprint density at radius 1 is 1.37 bits per heavy atom. The third-order valence-corrected chi connectivity index (χ3v) is 2.94. The van der Waals surface area contributed by atoms with Crippen LogP contribution in [0.3, 0.4) is 0 Å². The van der Waals surface area contributed by atoms with Gasteiger partial charge in [-0.25, -0.2) is 9.37 Å². The first-order valence-electron chi connectivity index (χ1n) is 6.61. The van der Waals surface area contributed by atoms with E-state index in [4.69, 9.17) is 0 Å². The monoisotopic (exact) mass is 262 g/mol. The summed E-state index contributed by atoms with van der Waals surface area (Å²) < 4.78 is 15.4. The Morgan fingerprint density at radius 2 is 2.21 bits per heavy atom. The fraction of sp³-hybridized carbons (Fsp3) is 0.429. The number of aryl methyl sites for hydroxylation is 1. The molecule has 0 aliphatic heterocycles. The second kappa shape index (κ2) is 6.43. The average Bonchev–Trinajstić information content (AvgIpc) is 2.84. The summed E-state index contributed by atoms with van der Waals surface area (Å²) in [7, 11) is 0. The van der Waals surface area contributed by atoms with Crippen LogP contribution in [-0.4, -0.2) is 21.1 Å². The molecule has 4 nitrogen and oxygen atoms in total. The van der Waals surface area contributed by atoms with E-state index < -0.39 is 0 Å². The lowest BCUT2D eigenvalue weighted by atomic mass is 10.1. The van der Waals surface area contributed by atoms with Gasteiger partial charge >= 0.3 is 0 Å². The second-order valence-corrected chi connectivity index (χ2v) is 4.41. The molecule has 0 radical (unpaired) electrons. The van der Waals surface area contributed by atoms with Crippen LogP contribution in [-0.2, 0) is 6.54 Å². The molecule has 1 atom stereocenters. The molecule has 2 rings (SSSR count). The van der Waals surface area contributed by atoms with Crippen molar-refractivity contribution in [2.45, 2.75) is 32.9 Å². The first kappa shape index (κ1) is 13.7. The van der Waals surface area contributed by atoms with E-state index in [1.165, 1.54) is 12.3 Å². The first-order chi connectivity index (χ1) is 9.26. The molecule has 0 saturated carbocycles. The van der Waals surface area contributed by atoms with Crippen molar-refractivity contribution in [3.05, 3.63) is 48.1 Å². The molecule has 5 heteroatoms. The standard InChI is InChI=1S/C14H19FN4/c1-3-6-19-7-5-18-14(19)13(17-4-2)11-8-12(15)10-16-9-11/h5,7-10,13,17H,3-4,6H2,1-2H3. The van der Waals surface area contributed by atoms with Gasteiger partial charge in [-0.3, -0.25) is 4.98 Å². The van der Waals surface area contributed by atoms with Crippen LogP contribution in [0.15, 0.2) is 30.9 Å². The van der Waals surface area contributed by atoms with Gasteiger partial charge < -0.3 is 9.88 Å². The molecule has 0 aliphatic carbocycles. The Labute approximate surface area is 112 Å². The van der Waals surface area contributed by atoms with Gasteiger partial charge in [0.2, 0.25) is 0 Å². The van der Waals surface area contributed by atoms with Crippen LogP contribution in [0.2, 0.25) is 0 Å². The normalized spacial score (nSPS) is 12.6. The van der Waals surface area contributed by atoms with Crippen LogP contribution in [0.4, 0.5) is 4.39 Å². The smallest absolute Gasteiger partial charge is 0.141 e. The molecule has 0 fully saturated rings. The minimum absolute atomic E-state index is 0.130. The predicted octanol–water partition coefficient (Wildman–Crippen LogP) is 2.53. The zero-order valence-corrected chi connectivity index (χ0v) is 11.3. The molecule has 2 aromatic rings. The van der Waals surface area contributed by atoms with E-state index >= 15 is 0 Å². The number of hydrogen-bond donors (Lipinski definition) is 1. The molecule has 2 aromatic heterocycles. The summed E-state index contributed by atoms with van der Waals surface area (Å²) in [5.41, 5.74) is 0.797. The summed E-state index contributed by atoms with van der Waals surface area (Å²) in [6.45, 7) is 5.82. The minimum atomic E-state index is -0.325. The van der Waals surface area contributed by atoms with Crippen molar-refractivity contribution < 1.29 is 4.39 Å². The van der Waals surface area contributed by atoms with Gasteiger partial charge in [-0.2, -0.15) is 0 Å². The predicted molar refractivity (Wildman–Crippen MR) is 72.2 cm³/mol. The van der Waals surface area contributed by atoms with Crippen molar-refractivity contribution >= 4 is 0 Å². The van der Waals surface area contributed by atoms with Gasteiger partial charge in [0.25, 0.3) is 0 Å². The van der Waals surface area contributed by atoms with Gasteiger partial charge in [0, 0.05) is 25.1 Å². The summed E-state index contributed by atoms with van der Waals surface area (Å²) in [6.07, 6.45) is 7.66. The number of aromatic nitrogens is 3. The number of nitrogens with zero attached hydrogens (tertiary/aromatic N) is 3. The SMILES string of the molecule is CCCn1ccnc1C(NCC)c1cncc(F)c1. The Balaban J connectivity index is 2.36. The first-order valence-corrected chi connectivity index (χ1v) is 6.61. The third kappa shape index (κ3) is 3.17. The fourth-order valence-corrected chi connectivity index (χ4v) is 2.16. The van der Waals surface area contributed by atoms with Gasteiger partial charge in [0.1, 0.15) is 11.6 Å². The van der Waals surface area contributed by atoms with E-state index in [1.54, 1.807) is 12.4 Å². The van der Waals surface area contributed by atoms with E-state index in [0.717, 1.165) is 30.9 Å². The van der Waals surface area contributed by atoms with Gasteiger partial charge in [-0.15, -0.1) is 0 Å². The lowest BCUT2D eigenvalue weighted by Crippen LogP contribution is -2.25. The maximum atomic E-state index is 13.3. The van der Waals surface area contributed by atoms with Crippen LogP contribution in [0.5, 0.6) is 0 Å². The number of imidazole rings is 1. The lowest BCUT2D eigenvalue weighted by molar-refractivity contribution is 0.537. The molecule has 19 heavy (non-hydrogen) atoms. The zero-order valence-electron chi connectivity index (χ0n) is 11.3. The molecule has 0 spiro atoms. The van der Waals surface area contributed by atoms with Crippen LogP contribution < -0.4 is 5.32 Å². The fourth-order valence-electron chi connectivity index (χ4n) is 2.16. The molecule has 0 saturated heterocycles. The number of pyridine rings is 1. The molecule has 0 amide bonds. The molecular formula is C14H19FN4. The molecule has 1 unspecified atom stereocenters. The minimum Gasteiger partial charge on any atom is -0.333 e. The van der Waals surface area contributed by atoms with E-state index in [1.807, 2.05) is 13.1 Å². The average molecular weight is 262 g/mol. The topological polar surface area (TPSA) is 42.7 Å². The van der Waals surface area contributed by atoms with E-state index in [0.29, 0.717) is 0 Å². The highest BCUT2D eigenvalue weighted by Crippen LogP contribution is 2.20. The zero-order chi connectivity index (χ0) is 13.7. The van der Waals surface area contributed by atoms with E-state index in [2.05, 4.69) is 26.8 Å². The maximum Gasteiger partial charge on any atom is 0.141 e. The molecule has 0 bridgehead atoms. The highest BCUT2D eigenvalue weighted by atomic mass is 19.1. The number of halogens is 1. The Hall–Kier alpha value is -1.75.